The van der Waals surface area contributed by atoms with E-state index < -0.39 is 11.9 Å². The maximum atomic E-state index is 12.1. The lowest BCUT2D eigenvalue weighted by Crippen LogP contribution is -2.27. The SMILES string of the molecule is O=C(O)[C@@H]1CCCC[C@@H]1c1nc2cc(OCc3ccc4ccccc4n3)ccc2n1Cc1ccc(Br)cc1. The Hall–Kier alpha value is -3.71. The molecule has 0 spiro atoms. The van der Waals surface area contributed by atoms with Crippen LogP contribution in [0.3, 0.4) is 0 Å². The van der Waals surface area contributed by atoms with Crippen LogP contribution in [0, 0.1) is 5.92 Å². The van der Waals surface area contributed by atoms with Gasteiger partial charge in [-0.25, -0.2) is 9.97 Å². The lowest BCUT2D eigenvalue weighted by Gasteiger charge is -2.28. The van der Waals surface area contributed by atoms with Gasteiger partial charge in [0.25, 0.3) is 0 Å². The van der Waals surface area contributed by atoms with Crippen LogP contribution in [0.4, 0.5) is 0 Å². The number of benzene rings is 3. The molecular formula is C31H28BrN3O3. The number of carboxylic acids is 1. The predicted molar refractivity (Wildman–Crippen MR) is 151 cm³/mol. The Kier molecular flexibility index (Phi) is 6.85. The van der Waals surface area contributed by atoms with E-state index in [1.165, 1.54) is 0 Å². The number of imidazole rings is 1. The number of aliphatic carboxylic acids is 1. The maximum Gasteiger partial charge on any atom is 0.307 e. The molecule has 2 atom stereocenters. The number of halogens is 1. The fourth-order valence-corrected chi connectivity index (χ4v) is 5.79. The smallest absolute Gasteiger partial charge is 0.307 e. The topological polar surface area (TPSA) is 77.2 Å². The van der Waals surface area contributed by atoms with Crippen molar-refractivity contribution in [1.82, 2.24) is 14.5 Å². The van der Waals surface area contributed by atoms with Crippen molar-refractivity contribution in [3.63, 3.8) is 0 Å². The number of fused-ring (bicyclic) bond motifs is 2. The normalized spacial score (nSPS) is 17.6. The van der Waals surface area contributed by atoms with Gasteiger partial charge in [0.05, 0.1) is 28.2 Å². The third-order valence-corrected chi connectivity index (χ3v) is 7.99. The van der Waals surface area contributed by atoms with Gasteiger partial charge in [0.1, 0.15) is 18.2 Å². The Balaban J connectivity index is 1.33. The van der Waals surface area contributed by atoms with Gasteiger partial charge in [-0.2, -0.15) is 0 Å². The first kappa shape index (κ1) is 24.6. The summed E-state index contributed by atoms with van der Waals surface area (Å²) in [6.07, 6.45) is 3.48. The first-order valence-electron chi connectivity index (χ1n) is 13.0. The number of carbonyl (C=O) groups is 1. The van der Waals surface area contributed by atoms with Crippen molar-refractivity contribution >= 4 is 43.8 Å². The summed E-state index contributed by atoms with van der Waals surface area (Å²) in [4.78, 5) is 21.9. The minimum Gasteiger partial charge on any atom is -0.487 e. The van der Waals surface area contributed by atoms with Gasteiger partial charge in [-0.1, -0.05) is 65.2 Å². The number of carboxylic acid groups (broad SMARTS) is 1. The molecule has 1 aliphatic carbocycles. The minimum absolute atomic E-state index is 0.115. The summed E-state index contributed by atoms with van der Waals surface area (Å²) in [6.45, 7) is 0.982. The minimum atomic E-state index is -0.733. The van der Waals surface area contributed by atoms with E-state index in [4.69, 9.17) is 14.7 Å². The average molecular weight is 570 g/mol. The summed E-state index contributed by atoms with van der Waals surface area (Å²) in [6, 6.07) is 26.3. The second-order valence-corrected chi connectivity index (χ2v) is 10.9. The van der Waals surface area contributed by atoms with E-state index >= 15 is 0 Å². The number of pyridine rings is 1. The first-order valence-corrected chi connectivity index (χ1v) is 13.8. The molecule has 0 bridgehead atoms. The van der Waals surface area contributed by atoms with Gasteiger partial charge >= 0.3 is 5.97 Å². The lowest BCUT2D eigenvalue weighted by atomic mass is 9.78. The molecule has 0 radical (unpaired) electrons. The fourth-order valence-electron chi connectivity index (χ4n) is 5.52. The van der Waals surface area contributed by atoms with Crippen LogP contribution in [0.25, 0.3) is 21.9 Å². The third kappa shape index (κ3) is 5.03. The highest BCUT2D eigenvalue weighted by Crippen LogP contribution is 2.39. The van der Waals surface area contributed by atoms with Crippen LogP contribution >= 0.6 is 15.9 Å². The van der Waals surface area contributed by atoms with Gasteiger partial charge < -0.3 is 14.4 Å². The molecule has 6 rings (SSSR count). The molecule has 3 aromatic carbocycles. The molecule has 1 aliphatic rings. The van der Waals surface area contributed by atoms with Gasteiger partial charge in [0, 0.05) is 28.4 Å². The molecular weight excluding hydrogens is 542 g/mol. The number of ether oxygens (including phenoxy) is 1. The van der Waals surface area contributed by atoms with Crippen molar-refractivity contribution in [2.75, 3.05) is 0 Å². The molecule has 7 heteroatoms. The number of rotatable bonds is 7. The summed E-state index contributed by atoms with van der Waals surface area (Å²) in [7, 11) is 0. The van der Waals surface area contributed by atoms with Gasteiger partial charge in [-0.05, 0) is 54.8 Å². The van der Waals surface area contributed by atoms with Crippen molar-refractivity contribution < 1.29 is 14.6 Å². The largest absolute Gasteiger partial charge is 0.487 e. The standard InChI is InChI=1S/C31H28BrN3O3/c32-22-12-9-20(10-13-22)18-35-29-16-15-24(38-19-23-14-11-21-5-1-4-8-27(21)33-23)17-28(29)34-30(35)25-6-2-3-7-26(25)31(36)37/h1,4-5,8-17,25-26H,2-3,6-7,18-19H2,(H,36,37)/t25-,26+/m0/s1. The Labute approximate surface area is 229 Å². The van der Waals surface area contributed by atoms with Crippen LogP contribution in [0.1, 0.15) is 48.7 Å². The molecule has 1 fully saturated rings. The van der Waals surface area contributed by atoms with Crippen molar-refractivity contribution in [3.05, 3.63) is 100 Å². The van der Waals surface area contributed by atoms with Crippen LogP contribution in [0.2, 0.25) is 0 Å². The van der Waals surface area contributed by atoms with E-state index in [0.29, 0.717) is 25.3 Å². The van der Waals surface area contributed by atoms with Crippen molar-refractivity contribution in [2.45, 2.75) is 44.8 Å². The summed E-state index contributed by atoms with van der Waals surface area (Å²) in [5.41, 5.74) is 4.74. The molecule has 2 heterocycles. The zero-order chi connectivity index (χ0) is 26.1. The molecule has 1 N–H and O–H groups in total. The maximum absolute atomic E-state index is 12.1. The Morgan fingerprint density at radius 2 is 1.76 bits per heavy atom. The van der Waals surface area contributed by atoms with Gasteiger partial charge in [-0.3, -0.25) is 4.79 Å². The predicted octanol–water partition coefficient (Wildman–Crippen LogP) is 7.33. The quantitative estimate of drug-likeness (QED) is 0.222. The zero-order valence-corrected chi connectivity index (χ0v) is 22.5. The number of para-hydroxylation sites is 1. The molecule has 0 aliphatic heterocycles. The van der Waals surface area contributed by atoms with E-state index in [1.807, 2.05) is 60.7 Å². The number of hydrogen-bond donors (Lipinski definition) is 1. The molecule has 6 nitrogen and oxygen atoms in total. The Morgan fingerprint density at radius 3 is 2.61 bits per heavy atom. The zero-order valence-electron chi connectivity index (χ0n) is 20.9. The van der Waals surface area contributed by atoms with E-state index in [0.717, 1.165) is 62.8 Å². The second kappa shape index (κ2) is 10.6. The Morgan fingerprint density at radius 1 is 0.947 bits per heavy atom. The highest BCUT2D eigenvalue weighted by molar-refractivity contribution is 9.10. The van der Waals surface area contributed by atoms with Gasteiger partial charge in [0.15, 0.2) is 0 Å². The van der Waals surface area contributed by atoms with Crippen LogP contribution in [0.5, 0.6) is 5.75 Å². The van der Waals surface area contributed by atoms with Gasteiger partial charge in [-0.15, -0.1) is 0 Å². The lowest BCUT2D eigenvalue weighted by molar-refractivity contribution is -0.143. The highest BCUT2D eigenvalue weighted by atomic mass is 79.9. The van der Waals surface area contributed by atoms with E-state index in [2.05, 4.69) is 38.7 Å². The second-order valence-electron chi connectivity index (χ2n) is 9.95. The molecule has 2 aromatic heterocycles. The molecule has 1 saturated carbocycles. The molecule has 0 saturated heterocycles. The van der Waals surface area contributed by atoms with Crippen LogP contribution in [-0.4, -0.2) is 25.6 Å². The summed E-state index contributed by atoms with van der Waals surface area (Å²) in [5.74, 6) is 0.298. The van der Waals surface area contributed by atoms with E-state index in [-0.39, 0.29) is 5.92 Å². The fraction of sp³-hybridized carbons (Fsp3) is 0.258. The van der Waals surface area contributed by atoms with Crippen molar-refractivity contribution in [1.29, 1.82) is 0 Å². The third-order valence-electron chi connectivity index (χ3n) is 7.46. The van der Waals surface area contributed by atoms with Gasteiger partial charge in [0.2, 0.25) is 0 Å². The van der Waals surface area contributed by atoms with E-state index in [9.17, 15) is 9.90 Å². The molecule has 5 aromatic rings. The van der Waals surface area contributed by atoms with E-state index in [1.54, 1.807) is 0 Å². The average Bonchev–Trinajstić information content (AvgIpc) is 3.30. The number of aromatic nitrogens is 3. The highest BCUT2D eigenvalue weighted by Gasteiger charge is 2.35. The van der Waals surface area contributed by atoms with Crippen molar-refractivity contribution in [3.8, 4) is 5.75 Å². The molecule has 0 unspecified atom stereocenters. The number of nitrogens with zero attached hydrogens (tertiary/aromatic N) is 3. The van der Waals surface area contributed by atoms with Crippen LogP contribution in [-0.2, 0) is 17.9 Å². The first-order chi connectivity index (χ1) is 18.5. The van der Waals surface area contributed by atoms with Crippen molar-refractivity contribution in [2.24, 2.45) is 5.92 Å². The Bertz CT molecular complexity index is 1610. The number of hydrogen-bond acceptors (Lipinski definition) is 4. The molecule has 38 heavy (non-hydrogen) atoms. The van der Waals surface area contributed by atoms with Crippen LogP contribution in [0.15, 0.2) is 83.3 Å². The molecule has 192 valence electrons. The van der Waals surface area contributed by atoms with Crippen LogP contribution < -0.4 is 4.74 Å². The summed E-state index contributed by atoms with van der Waals surface area (Å²) >= 11 is 3.51. The summed E-state index contributed by atoms with van der Waals surface area (Å²) in [5, 5.41) is 11.1. The summed E-state index contributed by atoms with van der Waals surface area (Å²) < 4.78 is 9.34. The molecule has 0 amide bonds. The monoisotopic (exact) mass is 569 g/mol.